The van der Waals surface area contributed by atoms with Crippen molar-refractivity contribution in [3.05, 3.63) is 82.4 Å². The first kappa shape index (κ1) is 24.3. The molecule has 35 heavy (non-hydrogen) atoms. The monoisotopic (exact) mass is 509 g/mol. The van der Waals surface area contributed by atoms with Crippen LogP contribution in [0.3, 0.4) is 0 Å². The number of nitrogens with one attached hydrogen (secondary N) is 1. The van der Waals surface area contributed by atoms with Crippen molar-refractivity contribution in [1.29, 1.82) is 0 Å². The van der Waals surface area contributed by atoms with E-state index < -0.39 is 0 Å². The lowest BCUT2D eigenvalue weighted by Crippen LogP contribution is -2.39. The predicted octanol–water partition coefficient (Wildman–Crippen LogP) is 4.84. The Bertz CT molecular complexity index is 1180. The third-order valence-electron chi connectivity index (χ3n) is 7.03. The van der Waals surface area contributed by atoms with Crippen molar-refractivity contribution < 1.29 is 4.74 Å². The summed E-state index contributed by atoms with van der Waals surface area (Å²) < 4.78 is 7.79. The van der Waals surface area contributed by atoms with Crippen LogP contribution in [0.25, 0.3) is 5.69 Å². The first-order chi connectivity index (χ1) is 17.0. The Morgan fingerprint density at radius 1 is 1.09 bits per heavy atom. The van der Waals surface area contributed by atoms with Gasteiger partial charge in [-0.1, -0.05) is 23.7 Å². The lowest BCUT2D eigenvalue weighted by atomic mass is 9.96. The highest BCUT2D eigenvalue weighted by Gasteiger charge is 2.41. The van der Waals surface area contributed by atoms with Crippen molar-refractivity contribution in [2.75, 3.05) is 39.4 Å². The molecule has 2 aliphatic heterocycles. The normalized spacial score (nSPS) is 20.9. The molecule has 2 aliphatic rings. The van der Waals surface area contributed by atoms with Gasteiger partial charge >= 0.3 is 0 Å². The summed E-state index contributed by atoms with van der Waals surface area (Å²) >= 11 is 12.2. The van der Waals surface area contributed by atoms with E-state index in [1.54, 1.807) is 0 Å². The Kier molecular flexibility index (Phi) is 7.39. The lowest BCUT2D eigenvalue weighted by Gasteiger charge is -2.30. The van der Waals surface area contributed by atoms with Crippen LogP contribution in [0.4, 0.5) is 0 Å². The number of thiocarbonyl (C=S) groups is 1. The highest BCUT2D eigenvalue weighted by atomic mass is 35.5. The topological polar surface area (TPSA) is 45.6 Å². The van der Waals surface area contributed by atoms with Gasteiger partial charge in [-0.3, -0.25) is 9.88 Å². The number of pyridine rings is 1. The summed E-state index contributed by atoms with van der Waals surface area (Å²) in [5.74, 6) is 0. The molecule has 5 rings (SSSR count). The van der Waals surface area contributed by atoms with E-state index in [4.69, 9.17) is 33.5 Å². The number of aryl methyl sites for hydroxylation is 1. The second kappa shape index (κ2) is 10.7. The molecule has 3 aromatic rings. The van der Waals surface area contributed by atoms with Crippen molar-refractivity contribution in [2.24, 2.45) is 0 Å². The molecular formula is C27H32ClN5OS. The summed E-state index contributed by atoms with van der Waals surface area (Å²) in [4.78, 5) is 9.53. The van der Waals surface area contributed by atoms with Gasteiger partial charge in [0.15, 0.2) is 5.11 Å². The smallest absolute Gasteiger partial charge is 0.170 e. The fourth-order valence-electron chi connectivity index (χ4n) is 5.37. The van der Waals surface area contributed by atoms with Gasteiger partial charge in [-0.15, -0.1) is 0 Å². The van der Waals surface area contributed by atoms with E-state index in [0.717, 1.165) is 67.3 Å². The molecule has 2 fully saturated rings. The number of rotatable bonds is 7. The van der Waals surface area contributed by atoms with E-state index in [1.165, 1.54) is 17.0 Å². The van der Waals surface area contributed by atoms with Gasteiger partial charge in [-0.25, -0.2) is 0 Å². The summed E-state index contributed by atoms with van der Waals surface area (Å²) in [7, 11) is 0. The van der Waals surface area contributed by atoms with E-state index in [0.29, 0.717) is 0 Å². The molecule has 0 aliphatic carbocycles. The first-order valence-corrected chi connectivity index (χ1v) is 13.0. The van der Waals surface area contributed by atoms with Gasteiger partial charge in [-0.2, -0.15) is 0 Å². The summed E-state index contributed by atoms with van der Waals surface area (Å²) in [6.45, 7) is 9.92. The Labute approximate surface area is 217 Å². The average Bonchev–Trinajstić information content (AvgIpc) is 3.35. The number of benzene rings is 1. The van der Waals surface area contributed by atoms with E-state index in [-0.39, 0.29) is 12.1 Å². The first-order valence-electron chi connectivity index (χ1n) is 12.3. The maximum atomic E-state index is 6.33. The fraction of sp³-hybridized carbons (Fsp3) is 0.407. The van der Waals surface area contributed by atoms with E-state index >= 15 is 0 Å². The summed E-state index contributed by atoms with van der Waals surface area (Å²) in [5, 5.41) is 5.12. The second-order valence-corrected chi connectivity index (χ2v) is 10.1. The molecule has 2 unspecified atom stereocenters. The van der Waals surface area contributed by atoms with Crippen LogP contribution in [0.15, 0.2) is 54.7 Å². The van der Waals surface area contributed by atoms with Gasteiger partial charge in [0.2, 0.25) is 0 Å². The predicted molar refractivity (Wildman–Crippen MR) is 144 cm³/mol. The Hall–Kier alpha value is -2.45. The van der Waals surface area contributed by atoms with Gasteiger partial charge in [0, 0.05) is 54.5 Å². The molecule has 1 N–H and O–H groups in total. The van der Waals surface area contributed by atoms with Crippen LogP contribution in [-0.4, -0.2) is 63.9 Å². The van der Waals surface area contributed by atoms with Crippen LogP contribution in [0.5, 0.6) is 0 Å². The Morgan fingerprint density at radius 3 is 2.66 bits per heavy atom. The number of aromatic nitrogens is 2. The maximum Gasteiger partial charge on any atom is 0.170 e. The quantitative estimate of drug-likeness (QED) is 0.460. The zero-order valence-electron chi connectivity index (χ0n) is 20.3. The number of ether oxygens (including phenoxy) is 1. The largest absolute Gasteiger partial charge is 0.379 e. The van der Waals surface area contributed by atoms with Gasteiger partial charge in [0.25, 0.3) is 0 Å². The zero-order valence-corrected chi connectivity index (χ0v) is 21.9. The van der Waals surface area contributed by atoms with Crippen LogP contribution in [0.2, 0.25) is 5.02 Å². The molecule has 4 heterocycles. The molecule has 2 saturated heterocycles. The minimum Gasteiger partial charge on any atom is -0.379 e. The maximum absolute atomic E-state index is 6.33. The minimum absolute atomic E-state index is 0.0135. The van der Waals surface area contributed by atoms with Gasteiger partial charge < -0.3 is 19.5 Å². The molecule has 6 nitrogen and oxygen atoms in total. The molecule has 1 aromatic carbocycles. The molecule has 0 amide bonds. The van der Waals surface area contributed by atoms with Crippen molar-refractivity contribution >= 4 is 28.9 Å². The lowest BCUT2D eigenvalue weighted by molar-refractivity contribution is 0.0365. The third-order valence-corrected chi connectivity index (χ3v) is 7.62. The highest BCUT2D eigenvalue weighted by molar-refractivity contribution is 7.80. The minimum atomic E-state index is -0.0135. The third kappa shape index (κ3) is 5.09. The van der Waals surface area contributed by atoms with Crippen LogP contribution >= 0.6 is 23.8 Å². The molecule has 0 spiro atoms. The summed E-state index contributed by atoms with van der Waals surface area (Å²) in [6.07, 6.45) is 2.90. The number of hydrogen-bond acceptors (Lipinski definition) is 4. The number of nitrogens with zero attached hydrogens (tertiary/aromatic N) is 4. The molecule has 2 atom stereocenters. The SMILES string of the molecule is Cc1cc(C2C(c3ccccn3)NC(=S)N2CCCN2CCOCC2)c(C)n1-c1cccc(Cl)c1. The van der Waals surface area contributed by atoms with Crippen molar-refractivity contribution in [3.63, 3.8) is 0 Å². The molecule has 0 radical (unpaired) electrons. The van der Waals surface area contributed by atoms with Crippen LogP contribution in [0, 0.1) is 13.8 Å². The van der Waals surface area contributed by atoms with Crippen molar-refractivity contribution in [3.8, 4) is 5.69 Å². The average molecular weight is 510 g/mol. The summed E-state index contributed by atoms with van der Waals surface area (Å²) in [5.41, 5.74) is 5.70. The Morgan fingerprint density at radius 2 is 1.91 bits per heavy atom. The molecule has 184 valence electrons. The van der Waals surface area contributed by atoms with E-state index in [2.05, 4.69) is 51.7 Å². The summed E-state index contributed by atoms with van der Waals surface area (Å²) in [6, 6.07) is 16.4. The second-order valence-electron chi connectivity index (χ2n) is 9.27. The van der Waals surface area contributed by atoms with E-state index in [1.807, 2.05) is 36.5 Å². The van der Waals surface area contributed by atoms with Crippen LogP contribution < -0.4 is 5.32 Å². The number of hydrogen-bond donors (Lipinski definition) is 1. The van der Waals surface area contributed by atoms with Gasteiger partial charge in [0.1, 0.15) is 0 Å². The number of morpholine rings is 1. The fourth-order valence-corrected chi connectivity index (χ4v) is 5.89. The van der Waals surface area contributed by atoms with Crippen molar-refractivity contribution in [2.45, 2.75) is 32.4 Å². The molecule has 2 aromatic heterocycles. The standard InChI is InChI=1S/C27H32ClN5OS/c1-19-17-23(20(2)33(19)22-8-5-7-21(28)18-22)26-25(24-9-3-4-10-29-24)30-27(35)32(26)12-6-11-31-13-15-34-16-14-31/h3-5,7-10,17-18,25-26H,6,11-16H2,1-2H3,(H,30,35). The van der Waals surface area contributed by atoms with Crippen LogP contribution in [0.1, 0.15) is 41.1 Å². The molecule has 0 saturated carbocycles. The number of halogens is 1. The van der Waals surface area contributed by atoms with E-state index in [9.17, 15) is 0 Å². The van der Waals surface area contributed by atoms with Gasteiger partial charge in [-0.05, 0) is 74.4 Å². The molecule has 0 bridgehead atoms. The molecule has 8 heteroatoms. The molecular weight excluding hydrogens is 478 g/mol. The van der Waals surface area contributed by atoms with Crippen molar-refractivity contribution in [1.82, 2.24) is 24.7 Å². The zero-order chi connectivity index (χ0) is 24.4. The Balaban J connectivity index is 1.47. The highest BCUT2D eigenvalue weighted by Crippen LogP contribution is 2.41. The van der Waals surface area contributed by atoms with Gasteiger partial charge in [0.05, 0.1) is 31.0 Å². The van der Waals surface area contributed by atoms with Crippen LogP contribution in [-0.2, 0) is 4.74 Å².